The van der Waals surface area contributed by atoms with Gasteiger partial charge in [-0.2, -0.15) is 13.2 Å². The summed E-state index contributed by atoms with van der Waals surface area (Å²) in [4.78, 5) is 26.8. The first-order valence-corrected chi connectivity index (χ1v) is 12.3. The number of carbonyl (C=O) groups excluding carboxylic acids is 1. The van der Waals surface area contributed by atoms with Crippen LogP contribution >= 0.6 is 0 Å². The van der Waals surface area contributed by atoms with Gasteiger partial charge in [-0.15, -0.1) is 0 Å². The number of nitrogens with zero attached hydrogens (tertiary/aromatic N) is 3. The summed E-state index contributed by atoms with van der Waals surface area (Å²) in [6.45, 7) is 1.75. The summed E-state index contributed by atoms with van der Waals surface area (Å²) >= 11 is 0. The first-order chi connectivity index (χ1) is 18.7. The number of benzene rings is 2. The maximum Gasteiger partial charge on any atom is 0.433 e. The van der Waals surface area contributed by atoms with Crippen LogP contribution in [0.25, 0.3) is 11.1 Å². The zero-order chi connectivity index (χ0) is 27.6. The fourth-order valence-electron chi connectivity index (χ4n) is 4.46. The number of pyridine rings is 2. The molecule has 1 unspecified atom stereocenters. The van der Waals surface area contributed by atoms with Crippen molar-refractivity contribution in [1.82, 2.24) is 9.97 Å². The minimum absolute atomic E-state index is 0.0206. The first-order valence-electron chi connectivity index (χ1n) is 12.3. The number of rotatable bonds is 7. The molecule has 0 fully saturated rings. The highest BCUT2D eigenvalue weighted by molar-refractivity contribution is 6.06. The van der Waals surface area contributed by atoms with Gasteiger partial charge in [0, 0.05) is 41.9 Å². The molecule has 0 saturated carbocycles. The number of halogens is 4. The van der Waals surface area contributed by atoms with Crippen molar-refractivity contribution in [2.45, 2.75) is 38.0 Å². The maximum atomic E-state index is 14.7. The topological polar surface area (TPSA) is 64.4 Å². The van der Waals surface area contributed by atoms with Gasteiger partial charge in [-0.25, -0.2) is 4.39 Å². The molecule has 3 heterocycles. The summed E-state index contributed by atoms with van der Waals surface area (Å²) in [5.74, 6) is -1.08. The molecule has 2 aromatic carbocycles. The number of alkyl halides is 3. The monoisotopic (exact) mass is 533 g/mol. The van der Waals surface area contributed by atoms with E-state index in [-0.39, 0.29) is 18.3 Å². The second-order valence-corrected chi connectivity index (χ2v) is 9.37. The molecule has 0 radical (unpaired) electrons. The highest BCUT2D eigenvalue weighted by atomic mass is 19.4. The minimum Gasteiger partial charge on any atom is -0.385 e. The van der Waals surface area contributed by atoms with Crippen molar-refractivity contribution in [1.29, 1.82) is 0 Å². The van der Waals surface area contributed by atoms with E-state index in [1.165, 1.54) is 12.1 Å². The van der Waals surface area contributed by atoms with Gasteiger partial charge >= 0.3 is 6.18 Å². The molecule has 5 rings (SSSR count). The normalized spacial score (nSPS) is 15.9. The van der Waals surface area contributed by atoms with Crippen LogP contribution in [0.3, 0.4) is 0 Å². The van der Waals surface area contributed by atoms with Gasteiger partial charge in [-0.05, 0) is 59.5 Å². The Kier molecular flexibility index (Phi) is 7.24. The Morgan fingerprint density at radius 2 is 1.77 bits per heavy atom. The average molecular weight is 534 g/mol. The van der Waals surface area contributed by atoms with Crippen molar-refractivity contribution in [3.63, 3.8) is 0 Å². The molecule has 1 aliphatic rings. The van der Waals surface area contributed by atoms with Crippen molar-refractivity contribution >= 4 is 11.5 Å². The molecule has 0 amide bonds. The predicted octanol–water partition coefficient (Wildman–Crippen LogP) is 7.54. The lowest BCUT2D eigenvalue weighted by molar-refractivity contribution is -0.141. The van der Waals surface area contributed by atoms with Crippen LogP contribution in [0.5, 0.6) is 0 Å². The van der Waals surface area contributed by atoms with Crippen LogP contribution in [0.15, 0.2) is 90.3 Å². The molecule has 2 atom stereocenters. The van der Waals surface area contributed by atoms with E-state index < -0.39 is 23.6 Å². The summed E-state index contributed by atoms with van der Waals surface area (Å²) in [5, 5.41) is 4.23. The number of hydrogen-bond acceptors (Lipinski definition) is 5. The van der Waals surface area contributed by atoms with Gasteiger partial charge < -0.3 is 4.84 Å². The van der Waals surface area contributed by atoms with Gasteiger partial charge in [0.1, 0.15) is 11.5 Å². The van der Waals surface area contributed by atoms with E-state index in [1.54, 1.807) is 55.6 Å². The van der Waals surface area contributed by atoms with Gasteiger partial charge in [0.05, 0.1) is 11.4 Å². The van der Waals surface area contributed by atoms with Crippen LogP contribution < -0.4 is 0 Å². The van der Waals surface area contributed by atoms with Gasteiger partial charge in [0.15, 0.2) is 11.9 Å². The number of aromatic nitrogens is 2. The molecule has 0 spiro atoms. The van der Waals surface area contributed by atoms with E-state index in [1.807, 2.05) is 12.1 Å². The molecule has 5 nitrogen and oxygen atoms in total. The molecule has 0 aliphatic carbocycles. The van der Waals surface area contributed by atoms with Crippen molar-refractivity contribution in [3.05, 3.63) is 119 Å². The zero-order valence-electron chi connectivity index (χ0n) is 20.8. The van der Waals surface area contributed by atoms with E-state index in [4.69, 9.17) is 4.84 Å². The lowest BCUT2D eigenvalue weighted by atomic mass is 9.90. The molecule has 1 aliphatic heterocycles. The van der Waals surface area contributed by atoms with Crippen molar-refractivity contribution in [2.24, 2.45) is 5.16 Å². The molecule has 198 valence electrons. The Labute approximate surface area is 222 Å². The second kappa shape index (κ2) is 10.8. The summed E-state index contributed by atoms with van der Waals surface area (Å²) in [7, 11) is 0. The smallest absolute Gasteiger partial charge is 0.385 e. The van der Waals surface area contributed by atoms with Crippen LogP contribution in [-0.2, 0) is 11.0 Å². The molecule has 9 heteroatoms. The molecular formula is C30H23F4N3O2. The van der Waals surface area contributed by atoms with Gasteiger partial charge in [-0.3, -0.25) is 14.8 Å². The molecule has 4 aromatic rings. The van der Waals surface area contributed by atoms with E-state index in [2.05, 4.69) is 15.1 Å². The van der Waals surface area contributed by atoms with E-state index in [9.17, 15) is 22.4 Å². The molecule has 2 aromatic heterocycles. The van der Waals surface area contributed by atoms with Gasteiger partial charge in [-0.1, -0.05) is 42.4 Å². The standard InChI is InChI=1S/C30H23F4N3O2/c1-18(19-9-10-29(36-17-19)30(32,33)34)12-27(38)22-14-20(23-6-2-3-7-24(23)31)13-21(15-22)26-16-28(39-37-26)25-8-4-5-11-35-25/h2-11,13-15,17-18,28H,12,16H2,1H3/t18-,28?/m0/s1. The molecule has 0 saturated heterocycles. The largest absolute Gasteiger partial charge is 0.433 e. The summed E-state index contributed by atoms with van der Waals surface area (Å²) in [5.41, 5.74) is 2.61. The molecular weight excluding hydrogens is 510 g/mol. The van der Waals surface area contributed by atoms with Gasteiger partial charge in [0.25, 0.3) is 0 Å². The van der Waals surface area contributed by atoms with E-state index in [0.717, 1.165) is 18.0 Å². The summed E-state index contributed by atoms with van der Waals surface area (Å²) < 4.78 is 53.4. The highest BCUT2D eigenvalue weighted by Crippen LogP contribution is 2.33. The van der Waals surface area contributed by atoms with E-state index >= 15 is 0 Å². The second-order valence-electron chi connectivity index (χ2n) is 9.37. The lowest BCUT2D eigenvalue weighted by Gasteiger charge is -2.14. The number of hydrogen-bond donors (Lipinski definition) is 0. The van der Waals surface area contributed by atoms with Crippen molar-refractivity contribution in [3.8, 4) is 11.1 Å². The zero-order valence-corrected chi connectivity index (χ0v) is 20.8. The quantitative estimate of drug-likeness (QED) is 0.182. The maximum absolute atomic E-state index is 14.7. The minimum atomic E-state index is -4.54. The Hall–Kier alpha value is -4.40. The van der Waals surface area contributed by atoms with Crippen LogP contribution in [0.4, 0.5) is 17.6 Å². The number of carbonyl (C=O) groups is 1. The Morgan fingerprint density at radius 1 is 1.00 bits per heavy atom. The molecule has 0 bridgehead atoms. The predicted molar refractivity (Wildman–Crippen MR) is 138 cm³/mol. The fraction of sp³-hybridized carbons (Fsp3) is 0.200. The van der Waals surface area contributed by atoms with Crippen LogP contribution in [0.1, 0.15) is 64.7 Å². The highest BCUT2D eigenvalue weighted by Gasteiger charge is 2.32. The van der Waals surface area contributed by atoms with E-state index in [0.29, 0.717) is 39.9 Å². The first kappa shape index (κ1) is 26.2. The fourth-order valence-corrected chi connectivity index (χ4v) is 4.46. The van der Waals surface area contributed by atoms with Crippen LogP contribution in [0.2, 0.25) is 0 Å². The molecule has 0 N–H and O–H groups in total. The summed E-state index contributed by atoms with van der Waals surface area (Å²) in [6.07, 6.45) is -1.68. The summed E-state index contributed by atoms with van der Waals surface area (Å²) in [6, 6.07) is 19.1. The van der Waals surface area contributed by atoms with Crippen LogP contribution in [-0.4, -0.2) is 21.5 Å². The number of oxime groups is 1. The third-order valence-electron chi connectivity index (χ3n) is 6.60. The number of ketones is 1. The average Bonchev–Trinajstić information content (AvgIpc) is 3.44. The Balaban J connectivity index is 1.43. The third-order valence-corrected chi connectivity index (χ3v) is 6.60. The van der Waals surface area contributed by atoms with Crippen molar-refractivity contribution in [2.75, 3.05) is 0 Å². The third kappa shape index (κ3) is 5.87. The van der Waals surface area contributed by atoms with Gasteiger partial charge in [0.2, 0.25) is 0 Å². The Morgan fingerprint density at radius 3 is 2.46 bits per heavy atom. The lowest BCUT2D eigenvalue weighted by Crippen LogP contribution is -2.10. The van der Waals surface area contributed by atoms with Crippen molar-refractivity contribution < 1.29 is 27.2 Å². The number of Topliss-reactive ketones (excluding diaryl/α,β-unsaturated/α-hetero) is 1. The van der Waals surface area contributed by atoms with Crippen LogP contribution in [0, 0.1) is 5.82 Å². The SMILES string of the molecule is C[C@@H](CC(=O)c1cc(C2=NOC(c3ccccn3)C2)cc(-c2ccccc2F)c1)c1ccc(C(F)(F)F)nc1. The Bertz CT molecular complexity index is 1520. The molecule has 39 heavy (non-hydrogen) atoms.